The lowest BCUT2D eigenvalue weighted by molar-refractivity contribution is -0.343. The third-order valence-corrected chi connectivity index (χ3v) is 3.83. The van der Waals surface area contributed by atoms with Crippen LogP contribution in [0, 0.1) is 0 Å². The molecule has 2 heterocycles. The van der Waals surface area contributed by atoms with Crippen molar-refractivity contribution in [3.8, 4) is 5.75 Å². The molecule has 3 rings (SSSR count). The van der Waals surface area contributed by atoms with Crippen molar-refractivity contribution in [3.63, 3.8) is 0 Å². The van der Waals surface area contributed by atoms with Crippen LogP contribution in [-0.4, -0.2) is 40.9 Å². The highest BCUT2D eigenvalue weighted by atomic mass is 19.4. The second kappa shape index (κ2) is 7.83. The fourth-order valence-electron chi connectivity index (χ4n) is 2.41. The maximum absolute atomic E-state index is 13.1. The fraction of sp³-hybridized carbons (Fsp3) is 0.333. The van der Waals surface area contributed by atoms with Crippen LogP contribution < -0.4 is 4.74 Å². The number of rotatable bonds is 7. The first-order valence-corrected chi connectivity index (χ1v) is 8.33. The number of nitrogens with zero attached hydrogens (tertiary/aromatic N) is 2. The number of benzene rings is 1. The number of alkyl halides is 3. The summed E-state index contributed by atoms with van der Waals surface area (Å²) in [5.74, 6) is -3.13. The summed E-state index contributed by atoms with van der Waals surface area (Å²) in [7, 11) is 0. The van der Waals surface area contributed by atoms with E-state index < -0.39 is 24.5 Å². The summed E-state index contributed by atoms with van der Waals surface area (Å²) in [6.45, 7) is 1.47. The molecule has 0 bridgehead atoms. The average molecular weight is 398 g/mol. The molecule has 0 spiro atoms. The molecule has 7 nitrogen and oxygen atoms in total. The number of carbonyl (C=O) groups is 1. The van der Waals surface area contributed by atoms with E-state index in [-0.39, 0.29) is 18.1 Å². The van der Waals surface area contributed by atoms with Crippen molar-refractivity contribution >= 4 is 5.97 Å². The minimum atomic E-state index is -4.76. The molecule has 1 aliphatic rings. The van der Waals surface area contributed by atoms with Crippen molar-refractivity contribution in [2.75, 3.05) is 13.2 Å². The molecule has 0 unspecified atom stereocenters. The lowest BCUT2D eigenvalue weighted by Crippen LogP contribution is -2.51. The van der Waals surface area contributed by atoms with Gasteiger partial charge in [-0.15, -0.1) is 0 Å². The van der Waals surface area contributed by atoms with Gasteiger partial charge in [0.1, 0.15) is 18.3 Å². The molecular weight excluding hydrogens is 381 g/mol. The van der Waals surface area contributed by atoms with Crippen LogP contribution in [0.1, 0.15) is 23.0 Å². The summed E-state index contributed by atoms with van der Waals surface area (Å²) in [6, 6.07) is 7.95. The third kappa shape index (κ3) is 4.21. The van der Waals surface area contributed by atoms with Gasteiger partial charge in [-0.05, 0) is 30.7 Å². The molecule has 0 fully saturated rings. The Morgan fingerprint density at radius 1 is 1.18 bits per heavy atom. The van der Waals surface area contributed by atoms with E-state index in [1.165, 1.54) is 12.1 Å². The van der Waals surface area contributed by atoms with Crippen LogP contribution in [0.4, 0.5) is 13.2 Å². The largest absolute Gasteiger partial charge is 0.485 e. The van der Waals surface area contributed by atoms with Crippen LogP contribution in [0.5, 0.6) is 5.75 Å². The Labute approximate surface area is 158 Å². The number of esters is 1. The lowest BCUT2D eigenvalue weighted by Gasteiger charge is -2.29. The summed E-state index contributed by atoms with van der Waals surface area (Å²) >= 11 is 0. The molecule has 0 atom stereocenters. The first-order valence-electron chi connectivity index (χ1n) is 8.33. The van der Waals surface area contributed by atoms with Gasteiger partial charge in [-0.3, -0.25) is 4.68 Å². The monoisotopic (exact) mass is 398 g/mol. The Hall–Kier alpha value is -3.17. The predicted octanol–water partition coefficient (Wildman–Crippen LogP) is 3.26. The number of halogens is 3. The number of aromatic nitrogens is 2. The first-order chi connectivity index (χ1) is 13.3. The van der Waals surface area contributed by atoms with Crippen LogP contribution in [0.25, 0.3) is 0 Å². The molecule has 0 saturated carbocycles. The molecule has 1 aromatic heterocycles. The van der Waals surface area contributed by atoms with E-state index in [0.29, 0.717) is 6.54 Å². The Balaban J connectivity index is 1.59. The second-order valence-electron chi connectivity index (χ2n) is 5.81. The zero-order valence-corrected chi connectivity index (χ0v) is 14.8. The molecule has 10 heteroatoms. The van der Waals surface area contributed by atoms with Crippen LogP contribution in [-0.2, 0) is 20.8 Å². The van der Waals surface area contributed by atoms with Crippen molar-refractivity contribution in [1.82, 2.24) is 9.78 Å². The second-order valence-corrected chi connectivity index (χ2v) is 5.81. The molecule has 0 radical (unpaired) electrons. The Kier molecular flexibility index (Phi) is 5.48. The highest BCUT2D eigenvalue weighted by molar-refractivity contribution is 5.86. The molecule has 150 valence electrons. The molecule has 1 aromatic carbocycles. The summed E-state index contributed by atoms with van der Waals surface area (Å²) in [6.07, 6.45) is -1.47. The highest BCUT2D eigenvalue weighted by Gasteiger charge is 2.62. The normalized spacial score (nSPS) is 15.0. The van der Waals surface area contributed by atoms with Crippen LogP contribution in [0.2, 0.25) is 0 Å². The Bertz CT molecular complexity index is 838. The van der Waals surface area contributed by atoms with E-state index in [9.17, 15) is 18.0 Å². The minimum Gasteiger partial charge on any atom is -0.485 e. The van der Waals surface area contributed by atoms with Gasteiger partial charge in [0, 0.05) is 6.20 Å². The van der Waals surface area contributed by atoms with Crippen LogP contribution >= 0.6 is 0 Å². The molecular formula is C18H17F3N2O5. The number of carbonyl (C=O) groups excluding carboxylic acids is 1. The van der Waals surface area contributed by atoms with E-state index >= 15 is 0 Å². The standard InChI is InChI=1S/C18H17F3N2O5/c1-2-25-16(24)15-7-8-23(22-15)11-13-3-5-14(6-4-13)26-12-17(18(19,20)21)27-9-10-28-17/h3-10H,2,11-12H2,1H3. The molecule has 0 N–H and O–H groups in total. The molecule has 28 heavy (non-hydrogen) atoms. The van der Waals surface area contributed by atoms with Crippen molar-refractivity contribution in [2.45, 2.75) is 25.4 Å². The maximum Gasteiger partial charge on any atom is 0.471 e. The van der Waals surface area contributed by atoms with Gasteiger partial charge in [0.25, 0.3) is 0 Å². The van der Waals surface area contributed by atoms with Gasteiger partial charge in [0.05, 0.1) is 13.2 Å². The summed E-state index contributed by atoms with van der Waals surface area (Å²) in [4.78, 5) is 11.6. The van der Waals surface area contributed by atoms with E-state index in [2.05, 4.69) is 14.6 Å². The van der Waals surface area contributed by atoms with Crippen molar-refractivity contribution in [3.05, 3.63) is 60.3 Å². The molecule has 2 aromatic rings. The Morgan fingerprint density at radius 2 is 1.86 bits per heavy atom. The maximum atomic E-state index is 13.1. The molecule has 1 aliphatic heterocycles. The van der Waals surface area contributed by atoms with Gasteiger partial charge >= 0.3 is 17.9 Å². The van der Waals surface area contributed by atoms with Gasteiger partial charge in [-0.25, -0.2) is 4.79 Å². The Morgan fingerprint density at radius 3 is 2.46 bits per heavy atom. The average Bonchev–Trinajstić information content (AvgIpc) is 3.31. The van der Waals surface area contributed by atoms with E-state index in [1.807, 2.05) is 0 Å². The van der Waals surface area contributed by atoms with Gasteiger partial charge in [-0.1, -0.05) is 12.1 Å². The zero-order chi connectivity index (χ0) is 20.2. The SMILES string of the molecule is CCOC(=O)c1ccn(Cc2ccc(OCC3(C(F)(F)F)OC=CO3)cc2)n1. The van der Waals surface area contributed by atoms with E-state index in [0.717, 1.165) is 18.1 Å². The number of hydrogen-bond acceptors (Lipinski definition) is 6. The van der Waals surface area contributed by atoms with Crippen molar-refractivity contribution in [1.29, 1.82) is 0 Å². The quantitative estimate of drug-likeness (QED) is 0.667. The van der Waals surface area contributed by atoms with E-state index in [1.54, 1.807) is 36.0 Å². The summed E-state index contributed by atoms with van der Waals surface area (Å²) < 4.78 is 60.1. The fourth-order valence-corrected chi connectivity index (χ4v) is 2.41. The van der Waals surface area contributed by atoms with Crippen LogP contribution in [0.3, 0.4) is 0 Å². The molecule has 0 amide bonds. The first kappa shape index (κ1) is 19.6. The molecule has 0 aliphatic carbocycles. The predicted molar refractivity (Wildman–Crippen MR) is 89.3 cm³/mol. The number of ether oxygens (including phenoxy) is 4. The van der Waals surface area contributed by atoms with Crippen molar-refractivity contribution in [2.24, 2.45) is 0 Å². The lowest BCUT2D eigenvalue weighted by atomic mass is 10.2. The van der Waals surface area contributed by atoms with Gasteiger partial charge < -0.3 is 18.9 Å². The third-order valence-electron chi connectivity index (χ3n) is 3.83. The summed E-state index contributed by atoms with van der Waals surface area (Å²) in [5.41, 5.74) is 1.01. The van der Waals surface area contributed by atoms with Crippen LogP contribution in [0.15, 0.2) is 49.1 Å². The molecule has 0 saturated heterocycles. The van der Waals surface area contributed by atoms with Gasteiger partial charge in [-0.2, -0.15) is 18.3 Å². The smallest absolute Gasteiger partial charge is 0.471 e. The zero-order valence-electron chi connectivity index (χ0n) is 14.8. The summed E-state index contributed by atoms with van der Waals surface area (Å²) in [5, 5.41) is 4.12. The van der Waals surface area contributed by atoms with E-state index in [4.69, 9.17) is 9.47 Å². The number of hydrogen-bond donors (Lipinski definition) is 0. The minimum absolute atomic E-state index is 0.199. The van der Waals surface area contributed by atoms with Gasteiger partial charge in [0.15, 0.2) is 12.3 Å². The van der Waals surface area contributed by atoms with Crippen molar-refractivity contribution < 1.29 is 36.9 Å². The topological polar surface area (TPSA) is 71.8 Å². The highest BCUT2D eigenvalue weighted by Crippen LogP contribution is 2.38. The van der Waals surface area contributed by atoms with Gasteiger partial charge in [0.2, 0.25) is 0 Å².